The van der Waals surface area contributed by atoms with Crippen LogP contribution in [0.15, 0.2) is 97.2 Å². The lowest BCUT2D eigenvalue weighted by Crippen LogP contribution is -2.30. The van der Waals surface area contributed by atoms with Crippen LogP contribution in [0.2, 0.25) is 0 Å². The van der Waals surface area contributed by atoms with E-state index in [9.17, 15) is 9.59 Å². The summed E-state index contributed by atoms with van der Waals surface area (Å²) in [6.07, 6.45) is 84.3. The lowest BCUT2D eigenvalue weighted by Gasteiger charge is -2.18. The van der Waals surface area contributed by atoms with Gasteiger partial charge in [0.1, 0.15) is 6.61 Å². The van der Waals surface area contributed by atoms with Crippen molar-refractivity contribution in [2.24, 2.45) is 0 Å². The number of hydrogen-bond donors (Lipinski definition) is 0. The summed E-state index contributed by atoms with van der Waals surface area (Å²) in [6, 6.07) is 0. The molecule has 0 aromatic carbocycles. The minimum absolute atomic E-state index is 0.0666. The monoisotopic (exact) mass is 1000 g/mol. The summed E-state index contributed by atoms with van der Waals surface area (Å²) in [4.78, 5) is 25.6. The molecule has 0 aromatic heterocycles. The van der Waals surface area contributed by atoms with Crippen LogP contribution in [0, 0.1) is 0 Å². The van der Waals surface area contributed by atoms with Crippen molar-refractivity contribution in [3.05, 3.63) is 97.2 Å². The molecule has 414 valence electrons. The number of carbonyl (C=O) groups is 2. The summed E-state index contributed by atoms with van der Waals surface area (Å²) < 4.78 is 17.5. The quantitative estimate of drug-likeness (QED) is 0.0345. The highest BCUT2D eigenvalue weighted by molar-refractivity contribution is 5.70. The number of ether oxygens (including phenoxy) is 3. The highest BCUT2D eigenvalue weighted by atomic mass is 16.6. The number of allylic oxidation sites excluding steroid dienone is 16. The average molecular weight is 1000 g/mol. The summed E-state index contributed by atoms with van der Waals surface area (Å²) in [6.45, 7) is 7.66. The Balaban J connectivity index is 4.34. The first kappa shape index (κ1) is 68.8. The second kappa shape index (κ2) is 62.1. The van der Waals surface area contributed by atoms with Gasteiger partial charge in [-0.1, -0.05) is 253 Å². The fraction of sp³-hybridized carbons (Fsp3) is 0.731. The van der Waals surface area contributed by atoms with Crippen LogP contribution < -0.4 is 0 Å². The molecule has 0 radical (unpaired) electrons. The zero-order valence-electron chi connectivity index (χ0n) is 47.7. The first-order valence-electron chi connectivity index (χ1n) is 30.8. The summed E-state index contributed by atoms with van der Waals surface area (Å²) in [5.41, 5.74) is 0. The Hall–Kier alpha value is -3.18. The van der Waals surface area contributed by atoms with Crippen molar-refractivity contribution in [2.75, 3.05) is 19.8 Å². The zero-order chi connectivity index (χ0) is 52.0. The van der Waals surface area contributed by atoms with E-state index in [1.807, 2.05) is 0 Å². The fourth-order valence-electron chi connectivity index (χ4n) is 8.50. The minimum Gasteiger partial charge on any atom is -0.462 e. The maximum Gasteiger partial charge on any atom is 0.306 e. The van der Waals surface area contributed by atoms with Gasteiger partial charge in [-0.2, -0.15) is 0 Å². The third-order valence-electron chi connectivity index (χ3n) is 13.1. The Bertz CT molecular complexity index is 1360. The number of esters is 2. The molecular weight excluding hydrogens is 885 g/mol. The summed E-state index contributed by atoms with van der Waals surface area (Å²) in [5.74, 6) is -0.427. The molecule has 0 rings (SSSR count). The Morgan fingerprint density at radius 1 is 0.319 bits per heavy atom. The molecule has 5 heteroatoms. The Morgan fingerprint density at radius 3 is 1.04 bits per heavy atom. The van der Waals surface area contributed by atoms with Crippen molar-refractivity contribution in [1.82, 2.24) is 0 Å². The van der Waals surface area contributed by atoms with Crippen LogP contribution in [0.1, 0.15) is 290 Å². The van der Waals surface area contributed by atoms with Gasteiger partial charge in [0.05, 0.1) is 6.61 Å². The Labute approximate surface area is 447 Å². The SMILES string of the molecule is CC/C=C\C/C=C\C/C=C\C/C=C\CCCCCCC(=O)OC(COCCCCCCCCC/C=C\C/C=C\C/C=C\CCCCC)COC(=O)CCCCCCCCCCC/C=C\CCCCCCCC. The molecule has 5 nitrogen and oxygen atoms in total. The van der Waals surface area contributed by atoms with Gasteiger partial charge in [-0.15, -0.1) is 0 Å². The molecule has 0 aromatic rings. The topological polar surface area (TPSA) is 61.8 Å². The van der Waals surface area contributed by atoms with Crippen molar-refractivity contribution in [2.45, 2.75) is 297 Å². The zero-order valence-corrected chi connectivity index (χ0v) is 47.7. The van der Waals surface area contributed by atoms with Crippen LogP contribution in [0.25, 0.3) is 0 Å². The second-order valence-electron chi connectivity index (χ2n) is 20.2. The standard InChI is InChI=1S/C67H116O5/c1-4-7-10-13-16-19-22-25-28-31-33-35-38-41-44-47-50-53-56-59-62-70-63-65(72-67(69)61-58-55-52-49-46-43-40-36-30-27-24-21-18-15-12-9-6-3)64-71-66(68)60-57-54-51-48-45-42-39-37-34-32-29-26-23-20-17-14-11-8-5-2/h9,12,16,18-19,21,25-30,33,35,40,43,65H,4-8,10-11,13-15,17,20,22-24,31-32,34,36-39,41-42,44-64H2,1-3H3/b12-9-,19-16-,21-18-,28-25-,29-26-,30-27-,35-33-,43-40-. The van der Waals surface area contributed by atoms with Crippen LogP contribution in [0.5, 0.6) is 0 Å². The van der Waals surface area contributed by atoms with Crippen LogP contribution >= 0.6 is 0 Å². The highest BCUT2D eigenvalue weighted by Gasteiger charge is 2.17. The molecule has 1 atom stereocenters. The maximum absolute atomic E-state index is 12.9. The lowest BCUT2D eigenvalue weighted by molar-refractivity contribution is -0.163. The van der Waals surface area contributed by atoms with Crippen molar-refractivity contribution in [3.63, 3.8) is 0 Å². The molecule has 0 spiro atoms. The van der Waals surface area contributed by atoms with E-state index in [-0.39, 0.29) is 25.2 Å². The van der Waals surface area contributed by atoms with E-state index in [1.165, 1.54) is 161 Å². The van der Waals surface area contributed by atoms with E-state index in [0.29, 0.717) is 19.4 Å². The molecular formula is C67H116O5. The summed E-state index contributed by atoms with van der Waals surface area (Å²) >= 11 is 0. The van der Waals surface area contributed by atoms with E-state index >= 15 is 0 Å². The van der Waals surface area contributed by atoms with Crippen molar-refractivity contribution < 1.29 is 23.8 Å². The van der Waals surface area contributed by atoms with Crippen molar-refractivity contribution >= 4 is 11.9 Å². The van der Waals surface area contributed by atoms with Gasteiger partial charge < -0.3 is 14.2 Å². The van der Waals surface area contributed by atoms with Gasteiger partial charge in [0.2, 0.25) is 0 Å². The van der Waals surface area contributed by atoms with E-state index in [2.05, 4.69) is 118 Å². The first-order chi connectivity index (χ1) is 35.6. The molecule has 0 bridgehead atoms. The van der Waals surface area contributed by atoms with Crippen molar-refractivity contribution in [1.29, 1.82) is 0 Å². The number of carbonyl (C=O) groups excluding carboxylic acids is 2. The van der Waals surface area contributed by atoms with E-state index in [4.69, 9.17) is 14.2 Å². The minimum atomic E-state index is -0.562. The molecule has 0 aliphatic carbocycles. The molecule has 72 heavy (non-hydrogen) atoms. The van der Waals surface area contributed by atoms with Crippen molar-refractivity contribution in [3.8, 4) is 0 Å². The molecule has 0 heterocycles. The smallest absolute Gasteiger partial charge is 0.306 e. The molecule has 0 amide bonds. The van der Waals surface area contributed by atoms with Crippen LogP contribution in [-0.4, -0.2) is 37.9 Å². The molecule has 0 saturated heterocycles. The second-order valence-corrected chi connectivity index (χ2v) is 20.2. The molecule has 0 saturated carbocycles. The summed E-state index contributed by atoms with van der Waals surface area (Å²) in [5, 5.41) is 0. The largest absolute Gasteiger partial charge is 0.462 e. The van der Waals surface area contributed by atoms with Gasteiger partial charge in [0.15, 0.2) is 6.10 Å². The van der Waals surface area contributed by atoms with Crippen LogP contribution in [0.3, 0.4) is 0 Å². The van der Waals surface area contributed by atoms with Crippen LogP contribution in [-0.2, 0) is 23.8 Å². The van der Waals surface area contributed by atoms with E-state index < -0.39 is 6.10 Å². The number of hydrogen-bond acceptors (Lipinski definition) is 5. The predicted molar refractivity (Wildman–Crippen MR) is 316 cm³/mol. The predicted octanol–water partition coefficient (Wildman–Crippen LogP) is 21.4. The van der Waals surface area contributed by atoms with Gasteiger partial charge in [-0.25, -0.2) is 0 Å². The molecule has 0 fully saturated rings. The van der Waals surface area contributed by atoms with Gasteiger partial charge in [0, 0.05) is 19.4 Å². The number of unbranched alkanes of at least 4 members (excludes halogenated alkanes) is 29. The first-order valence-corrected chi connectivity index (χ1v) is 30.8. The molecule has 0 N–H and O–H groups in total. The van der Waals surface area contributed by atoms with Crippen LogP contribution in [0.4, 0.5) is 0 Å². The number of rotatable bonds is 56. The van der Waals surface area contributed by atoms with E-state index in [1.54, 1.807) is 0 Å². The van der Waals surface area contributed by atoms with Gasteiger partial charge in [-0.3, -0.25) is 9.59 Å². The average Bonchev–Trinajstić information content (AvgIpc) is 3.38. The van der Waals surface area contributed by atoms with E-state index in [0.717, 1.165) is 96.3 Å². The Morgan fingerprint density at radius 2 is 0.625 bits per heavy atom. The molecule has 0 aliphatic heterocycles. The highest BCUT2D eigenvalue weighted by Crippen LogP contribution is 2.15. The van der Waals surface area contributed by atoms with Gasteiger partial charge in [0.25, 0.3) is 0 Å². The molecule has 0 aliphatic rings. The normalized spacial score (nSPS) is 12.9. The van der Waals surface area contributed by atoms with Gasteiger partial charge >= 0.3 is 11.9 Å². The van der Waals surface area contributed by atoms with Gasteiger partial charge in [-0.05, 0) is 122 Å². The molecule has 1 unspecified atom stereocenters. The Kier molecular flexibility index (Phi) is 59.4. The third-order valence-corrected chi connectivity index (χ3v) is 13.1. The lowest BCUT2D eigenvalue weighted by atomic mass is 10.1. The fourth-order valence-corrected chi connectivity index (χ4v) is 8.50. The summed E-state index contributed by atoms with van der Waals surface area (Å²) in [7, 11) is 0. The third kappa shape index (κ3) is 59.4. The maximum atomic E-state index is 12.9.